The van der Waals surface area contributed by atoms with Gasteiger partial charge in [-0.3, -0.25) is 30.5 Å². The van der Waals surface area contributed by atoms with Gasteiger partial charge in [0, 0.05) is 11.1 Å². The molecule has 0 fully saturated rings. The minimum Gasteiger partial charge on any atom is -0.272 e. The molecule has 0 spiro atoms. The normalized spacial score (nSPS) is 14.9. The van der Waals surface area contributed by atoms with E-state index in [0.29, 0.717) is 23.1 Å². The van der Waals surface area contributed by atoms with E-state index in [9.17, 15) is 9.59 Å². The van der Waals surface area contributed by atoms with Crippen LogP contribution in [0.4, 0.5) is 0 Å². The minimum absolute atomic E-state index is 0.421. The minimum atomic E-state index is -0.905. The molecule has 0 saturated heterocycles. The number of carbonyl (C=O) groups excluding carboxylic acids is 2. The van der Waals surface area contributed by atoms with E-state index >= 15 is 0 Å². The fourth-order valence-electron chi connectivity index (χ4n) is 3.27. The highest BCUT2D eigenvalue weighted by molar-refractivity contribution is 7.81. The quantitative estimate of drug-likeness (QED) is 0.594. The van der Waals surface area contributed by atoms with Gasteiger partial charge >= 0.3 is 0 Å². The van der Waals surface area contributed by atoms with Crippen LogP contribution in [0.15, 0.2) is 48.5 Å². The molecule has 0 aromatic heterocycles. The Bertz CT molecular complexity index is 928. The number of hydrazine groups is 2. The Balaban J connectivity index is 1.37. The molecule has 2 aliphatic heterocycles. The van der Waals surface area contributed by atoms with Gasteiger partial charge in [-0.25, -0.2) is 0 Å². The third-order valence-corrected chi connectivity index (χ3v) is 5.80. The van der Waals surface area contributed by atoms with E-state index in [0.717, 1.165) is 22.3 Å². The Morgan fingerprint density at radius 1 is 0.821 bits per heavy atom. The van der Waals surface area contributed by atoms with Gasteiger partial charge in [0.15, 0.2) is 0 Å². The Hall–Kier alpha value is -2.84. The summed E-state index contributed by atoms with van der Waals surface area (Å²) in [6, 6.07) is 15.5. The van der Waals surface area contributed by atoms with Crippen molar-refractivity contribution < 1.29 is 9.59 Å². The number of hydrogen-bond donors (Lipinski definition) is 2. The molecule has 2 N–H and O–H groups in total. The molecule has 6 nitrogen and oxygen atoms in total. The molecule has 2 aliphatic rings. The van der Waals surface area contributed by atoms with Gasteiger partial charge in [-0.2, -0.15) is 0 Å². The zero-order valence-electron chi connectivity index (χ0n) is 15.1. The standard InChI is InChI=1S/C20H18N4O2S2/c1-12(17(25)21-23-10-13-6-2-4-8-15(13)19(23)27)18(26)22-24-11-14-7-3-5-9-16(14)20(24)28/h2-9,12H,10-11H2,1H3,(H,21,25)(H,22,26). The largest absolute Gasteiger partial charge is 0.272 e. The smallest absolute Gasteiger partial charge is 0.250 e. The van der Waals surface area contributed by atoms with Gasteiger partial charge in [0.05, 0.1) is 13.1 Å². The summed E-state index contributed by atoms with van der Waals surface area (Å²) < 4.78 is 0. The lowest BCUT2D eigenvalue weighted by Gasteiger charge is -2.24. The highest BCUT2D eigenvalue weighted by Gasteiger charge is 2.31. The van der Waals surface area contributed by atoms with Crippen LogP contribution in [0.5, 0.6) is 0 Å². The molecule has 28 heavy (non-hydrogen) atoms. The van der Waals surface area contributed by atoms with E-state index < -0.39 is 17.7 Å². The second-order valence-electron chi connectivity index (χ2n) is 6.77. The van der Waals surface area contributed by atoms with Crippen molar-refractivity contribution in [3.05, 3.63) is 70.8 Å². The lowest BCUT2D eigenvalue weighted by molar-refractivity contribution is -0.138. The number of amides is 2. The molecule has 0 saturated carbocycles. The van der Waals surface area contributed by atoms with Crippen molar-refractivity contribution in [3.8, 4) is 0 Å². The second-order valence-corrected chi connectivity index (χ2v) is 7.54. The van der Waals surface area contributed by atoms with Crippen molar-refractivity contribution in [3.63, 3.8) is 0 Å². The number of thiocarbonyl (C=S) groups is 2. The Labute approximate surface area is 173 Å². The van der Waals surface area contributed by atoms with Gasteiger partial charge in [0.2, 0.25) is 0 Å². The van der Waals surface area contributed by atoms with Crippen molar-refractivity contribution in [2.24, 2.45) is 5.92 Å². The zero-order valence-corrected chi connectivity index (χ0v) is 16.8. The average Bonchev–Trinajstić information content (AvgIpc) is 3.18. The van der Waals surface area contributed by atoms with Crippen LogP contribution >= 0.6 is 24.4 Å². The van der Waals surface area contributed by atoms with Crippen molar-refractivity contribution in [1.82, 2.24) is 20.9 Å². The van der Waals surface area contributed by atoms with E-state index in [4.69, 9.17) is 24.4 Å². The maximum Gasteiger partial charge on any atom is 0.250 e. The summed E-state index contributed by atoms with van der Waals surface area (Å²) in [7, 11) is 0. The summed E-state index contributed by atoms with van der Waals surface area (Å²) >= 11 is 10.8. The number of rotatable bonds is 4. The highest BCUT2D eigenvalue weighted by Crippen LogP contribution is 2.23. The van der Waals surface area contributed by atoms with Gasteiger partial charge in [-0.05, 0) is 18.1 Å². The van der Waals surface area contributed by atoms with Crippen LogP contribution in [0.3, 0.4) is 0 Å². The van der Waals surface area contributed by atoms with E-state index in [1.165, 1.54) is 0 Å². The summed E-state index contributed by atoms with van der Waals surface area (Å²) in [6.07, 6.45) is 0. The van der Waals surface area contributed by atoms with Crippen molar-refractivity contribution in [2.45, 2.75) is 20.0 Å². The van der Waals surface area contributed by atoms with E-state index in [1.54, 1.807) is 16.9 Å². The molecule has 2 aromatic rings. The predicted octanol–water partition coefficient (Wildman–Crippen LogP) is 2.07. The lowest BCUT2D eigenvalue weighted by atomic mass is 10.1. The maximum atomic E-state index is 12.6. The van der Waals surface area contributed by atoms with E-state index in [1.807, 2.05) is 48.5 Å². The van der Waals surface area contributed by atoms with Gasteiger partial charge in [0.1, 0.15) is 15.9 Å². The van der Waals surface area contributed by atoms with Gasteiger partial charge in [-0.1, -0.05) is 73.0 Å². The first-order valence-electron chi connectivity index (χ1n) is 8.86. The molecule has 8 heteroatoms. The third-order valence-electron chi connectivity index (χ3n) is 4.92. The number of fused-ring (bicyclic) bond motifs is 2. The molecule has 2 amide bonds. The molecule has 0 radical (unpaired) electrons. The number of benzene rings is 2. The Morgan fingerprint density at radius 3 is 1.61 bits per heavy atom. The Morgan fingerprint density at radius 2 is 1.21 bits per heavy atom. The molecule has 2 heterocycles. The van der Waals surface area contributed by atoms with Crippen LogP contribution in [0.25, 0.3) is 0 Å². The first kappa shape index (κ1) is 18.5. The van der Waals surface area contributed by atoms with Crippen molar-refractivity contribution in [2.75, 3.05) is 0 Å². The van der Waals surface area contributed by atoms with Crippen LogP contribution < -0.4 is 10.9 Å². The molecule has 2 aromatic carbocycles. The summed E-state index contributed by atoms with van der Waals surface area (Å²) in [6.45, 7) is 2.53. The molecule has 0 bridgehead atoms. The number of hydrogen-bond acceptors (Lipinski definition) is 4. The van der Waals surface area contributed by atoms with Gasteiger partial charge < -0.3 is 0 Å². The topological polar surface area (TPSA) is 64.7 Å². The van der Waals surface area contributed by atoms with Crippen LogP contribution in [0, 0.1) is 5.92 Å². The van der Waals surface area contributed by atoms with E-state index in [-0.39, 0.29) is 0 Å². The molecular formula is C20H18N4O2S2. The van der Waals surface area contributed by atoms with Crippen LogP contribution in [-0.4, -0.2) is 31.8 Å². The SMILES string of the molecule is CC(C(=O)NN1Cc2ccccc2C1=S)C(=O)NN1Cc2ccccc2C1=S. The molecule has 0 aliphatic carbocycles. The van der Waals surface area contributed by atoms with Crippen molar-refractivity contribution in [1.29, 1.82) is 0 Å². The van der Waals surface area contributed by atoms with Crippen LogP contribution in [0.1, 0.15) is 29.2 Å². The van der Waals surface area contributed by atoms with E-state index in [2.05, 4.69) is 10.9 Å². The number of nitrogens with one attached hydrogen (secondary N) is 2. The van der Waals surface area contributed by atoms with Crippen LogP contribution in [0.2, 0.25) is 0 Å². The fourth-order valence-corrected chi connectivity index (χ4v) is 3.89. The molecule has 142 valence electrons. The highest BCUT2D eigenvalue weighted by atomic mass is 32.1. The van der Waals surface area contributed by atoms with Gasteiger partial charge in [0.25, 0.3) is 11.8 Å². The molecule has 0 atom stereocenters. The summed E-state index contributed by atoms with van der Waals surface area (Å²) in [5.74, 6) is -1.75. The monoisotopic (exact) mass is 410 g/mol. The van der Waals surface area contributed by atoms with Crippen LogP contribution in [-0.2, 0) is 22.7 Å². The Kier molecular flexibility index (Phi) is 4.82. The lowest BCUT2D eigenvalue weighted by Crippen LogP contribution is -2.51. The maximum absolute atomic E-state index is 12.6. The summed E-state index contributed by atoms with van der Waals surface area (Å²) in [5, 5.41) is 3.20. The molecular weight excluding hydrogens is 392 g/mol. The number of carbonyl (C=O) groups is 2. The zero-order chi connectivity index (χ0) is 19.8. The summed E-state index contributed by atoms with van der Waals surface area (Å²) in [4.78, 5) is 26.3. The van der Waals surface area contributed by atoms with Crippen molar-refractivity contribution >= 4 is 46.2 Å². The summed E-state index contributed by atoms with van der Waals surface area (Å²) in [5.41, 5.74) is 9.45. The predicted molar refractivity (Wildman–Crippen MR) is 113 cm³/mol. The van der Waals surface area contributed by atoms with Gasteiger partial charge in [-0.15, -0.1) is 0 Å². The number of nitrogens with zero attached hydrogens (tertiary/aromatic N) is 2. The third kappa shape index (κ3) is 3.25. The molecule has 0 unspecified atom stereocenters. The molecule has 4 rings (SSSR count). The first-order valence-corrected chi connectivity index (χ1v) is 9.68. The fraction of sp³-hybridized carbons (Fsp3) is 0.200. The second kappa shape index (κ2) is 7.29. The first-order chi connectivity index (χ1) is 13.5. The average molecular weight is 411 g/mol.